The SMILES string of the molecule is CC(=NO)c1ccc(C)cc1OC(C)c1ccccc1. The highest BCUT2D eigenvalue weighted by Gasteiger charge is 2.12. The van der Waals surface area contributed by atoms with E-state index in [0.29, 0.717) is 5.71 Å². The van der Waals surface area contributed by atoms with Crippen LogP contribution in [0, 0.1) is 6.92 Å². The van der Waals surface area contributed by atoms with Crippen molar-refractivity contribution in [1.29, 1.82) is 0 Å². The van der Waals surface area contributed by atoms with Crippen molar-refractivity contribution in [1.82, 2.24) is 0 Å². The Morgan fingerprint density at radius 2 is 1.85 bits per heavy atom. The Morgan fingerprint density at radius 3 is 2.50 bits per heavy atom. The fraction of sp³-hybridized carbons (Fsp3) is 0.235. The Morgan fingerprint density at radius 1 is 1.15 bits per heavy atom. The van der Waals surface area contributed by atoms with E-state index in [9.17, 15) is 0 Å². The van der Waals surface area contributed by atoms with E-state index in [1.807, 2.05) is 62.4 Å². The second-order valence-corrected chi connectivity index (χ2v) is 4.86. The smallest absolute Gasteiger partial charge is 0.129 e. The maximum Gasteiger partial charge on any atom is 0.129 e. The van der Waals surface area contributed by atoms with E-state index < -0.39 is 0 Å². The van der Waals surface area contributed by atoms with Gasteiger partial charge in [0, 0.05) is 5.56 Å². The molecule has 0 aromatic heterocycles. The average Bonchev–Trinajstić information content (AvgIpc) is 2.47. The Bertz CT molecular complexity index is 606. The lowest BCUT2D eigenvalue weighted by Crippen LogP contribution is -2.07. The van der Waals surface area contributed by atoms with Crippen LogP contribution in [0.3, 0.4) is 0 Å². The average molecular weight is 269 g/mol. The van der Waals surface area contributed by atoms with Gasteiger partial charge in [0.15, 0.2) is 0 Å². The van der Waals surface area contributed by atoms with Crippen molar-refractivity contribution >= 4 is 5.71 Å². The van der Waals surface area contributed by atoms with Crippen LogP contribution in [-0.4, -0.2) is 10.9 Å². The Kier molecular flexibility index (Phi) is 4.41. The van der Waals surface area contributed by atoms with E-state index in [1.165, 1.54) is 0 Å². The van der Waals surface area contributed by atoms with Crippen LogP contribution >= 0.6 is 0 Å². The summed E-state index contributed by atoms with van der Waals surface area (Å²) in [7, 11) is 0. The lowest BCUT2D eigenvalue weighted by Gasteiger charge is -2.18. The zero-order chi connectivity index (χ0) is 14.5. The summed E-state index contributed by atoms with van der Waals surface area (Å²) in [4.78, 5) is 0. The third-order valence-corrected chi connectivity index (χ3v) is 3.25. The van der Waals surface area contributed by atoms with E-state index in [0.717, 1.165) is 22.4 Å². The van der Waals surface area contributed by atoms with E-state index in [4.69, 9.17) is 9.94 Å². The van der Waals surface area contributed by atoms with E-state index in [-0.39, 0.29) is 6.10 Å². The highest BCUT2D eigenvalue weighted by Crippen LogP contribution is 2.27. The maximum absolute atomic E-state index is 8.97. The van der Waals surface area contributed by atoms with Gasteiger partial charge in [-0.15, -0.1) is 0 Å². The van der Waals surface area contributed by atoms with Gasteiger partial charge >= 0.3 is 0 Å². The molecule has 104 valence electrons. The largest absolute Gasteiger partial charge is 0.485 e. The molecule has 2 aromatic rings. The molecule has 0 aliphatic heterocycles. The molecule has 20 heavy (non-hydrogen) atoms. The van der Waals surface area contributed by atoms with Crippen molar-refractivity contribution in [2.75, 3.05) is 0 Å². The van der Waals surface area contributed by atoms with Crippen LogP contribution in [0.2, 0.25) is 0 Å². The highest BCUT2D eigenvalue weighted by atomic mass is 16.5. The van der Waals surface area contributed by atoms with E-state index >= 15 is 0 Å². The molecule has 3 heteroatoms. The van der Waals surface area contributed by atoms with Crippen LogP contribution < -0.4 is 4.74 Å². The first-order valence-corrected chi connectivity index (χ1v) is 6.63. The molecule has 2 aromatic carbocycles. The number of nitrogens with zero attached hydrogens (tertiary/aromatic N) is 1. The number of oxime groups is 1. The second kappa shape index (κ2) is 6.24. The van der Waals surface area contributed by atoms with Crippen LogP contribution in [0.15, 0.2) is 53.7 Å². The summed E-state index contributed by atoms with van der Waals surface area (Å²) in [6, 6.07) is 15.9. The number of hydrogen-bond donors (Lipinski definition) is 1. The molecule has 0 saturated heterocycles. The summed E-state index contributed by atoms with van der Waals surface area (Å²) in [6.07, 6.45) is -0.0664. The Hall–Kier alpha value is -2.29. The Labute approximate surface area is 119 Å². The minimum Gasteiger partial charge on any atom is -0.485 e. The van der Waals surface area contributed by atoms with Crippen molar-refractivity contribution in [3.8, 4) is 5.75 Å². The third-order valence-electron chi connectivity index (χ3n) is 3.25. The highest BCUT2D eigenvalue weighted by molar-refractivity contribution is 6.00. The summed E-state index contributed by atoms with van der Waals surface area (Å²) < 4.78 is 6.04. The molecule has 0 saturated carbocycles. The van der Waals surface area contributed by atoms with Gasteiger partial charge in [0.25, 0.3) is 0 Å². The van der Waals surface area contributed by atoms with Gasteiger partial charge in [-0.05, 0) is 44.0 Å². The van der Waals surface area contributed by atoms with Gasteiger partial charge in [-0.1, -0.05) is 41.6 Å². The molecule has 0 radical (unpaired) electrons. The van der Waals surface area contributed by atoms with Crippen LogP contribution in [0.5, 0.6) is 5.75 Å². The van der Waals surface area contributed by atoms with Gasteiger partial charge in [-0.2, -0.15) is 0 Å². The van der Waals surface area contributed by atoms with Gasteiger partial charge in [0.1, 0.15) is 11.9 Å². The second-order valence-electron chi connectivity index (χ2n) is 4.86. The van der Waals surface area contributed by atoms with Gasteiger partial charge in [-0.25, -0.2) is 0 Å². The molecule has 0 fully saturated rings. The van der Waals surface area contributed by atoms with Gasteiger partial charge in [0.05, 0.1) is 5.71 Å². The van der Waals surface area contributed by atoms with Crippen molar-refractivity contribution in [3.63, 3.8) is 0 Å². The van der Waals surface area contributed by atoms with Crippen LogP contribution in [-0.2, 0) is 0 Å². The molecule has 0 spiro atoms. The molecule has 0 heterocycles. The maximum atomic E-state index is 8.97. The quantitative estimate of drug-likeness (QED) is 0.510. The first-order valence-electron chi connectivity index (χ1n) is 6.63. The van der Waals surface area contributed by atoms with Gasteiger partial charge in [0.2, 0.25) is 0 Å². The van der Waals surface area contributed by atoms with Crippen molar-refractivity contribution in [2.24, 2.45) is 5.16 Å². The van der Waals surface area contributed by atoms with Crippen LogP contribution in [0.1, 0.15) is 36.6 Å². The van der Waals surface area contributed by atoms with Crippen LogP contribution in [0.4, 0.5) is 0 Å². The van der Waals surface area contributed by atoms with Crippen molar-refractivity contribution in [2.45, 2.75) is 26.9 Å². The van der Waals surface area contributed by atoms with Crippen molar-refractivity contribution < 1.29 is 9.94 Å². The monoisotopic (exact) mass is 269 g/mol. The molecular weight excluding hydrogens is 250 g/mol. The molecule has 1 unspecified atom stereocenters. The number of hydrogen-bond acceptors (Lipinski definition) is 3. The molecule has 1 atom stereocenters. The molecule has 1 N–H and O–H groups in total. The zero-order valence-corrected chi connectivity index (χ0v) is 12.0. The first-order chi connectivity index (χ1) is 9.61. The van der Waals surface area contributed by atoms with Gasteiger partial charge < -0.3 is 9.94 Å². The molecule has 0 bridgehead atoms. The summed E-state index contributed by atoms with van der Waals surface area (Å²) in [5.74, 6) is 0.733. The fourth-order valence-corrected chi connectivity index (χ4v) is 2.06. The lowest BCUT2D eigenvalue weighted by atomic mass is 10.1. The minimum absolute atomic E-state index is 0.0664. The summed E-state index contributed by atoms with van der Waals surface area (Å²) >= 11 is 0. The summed E-state index contributed by atoms with van der Waals surface area (Å²) in [5.41, 5.74) is 3.56. The predicted molar refractivity (Wildman–Crippen MR) is 80.7 cm³/mol. The standard InChI is InChI=1S/C17H19NO2/c1-12-9-10-16(13(2)18-19)17(11-12)20-14(3)15-7-5-4-6-8-15/h4-11,14,19H,1-3H3. The fourth-order valence-electron chi connectivity index (χ4n) is 2.06. The number of rotatable bonds is 4. The van der Waals surface area contributed by atoms with E-state index in [2.05, 4.69) is 5.16 Å². The normalized spacial score (nSPS) is 13.1. The molecule has 0 amide bonds. The first kappa shape index (κ1) is 14.1. The topological polar surface area (TPSA) is 41.8 Å². The molecular formula is C17H19NO2. The van der Waals surface area contributed by atoms with Crippen LogP contribution in [0.25, 0.3) is 0 Å². The third kappa shape index (κ3) is 3.18. The number of ether oxygens (including phenoxy) is 1. The molecule has 3 nitrogen and oxygen atoms in total. The summed E-state index contributed by atoms with van der Waals surface area (Å²) in [5, 5.41) is 12.2. The number of aryl methyl sites for hydroxylation is 1. The van der Waals surface area contributed by atoms with Gasteiger partial charge in [-0.3, -0.25) is 0 Å². The molecule has 0 aliphatic rings. The minimum atomic E-state index is -0.0664. The zero-order valence-electron chi connectivity index (χ0n) is 12.0. The number of benzene rings is 2. The van der Waals surface area contributed by atoms with Crippen molar-refractivity contribution in [3.05, 3.63) is 65.2 Å². The predicted octanol–water partition coefficient (Wildman–Crippen LogP) is 4.33. The molecule has 2 rings (SSSR count). The lowest BCUT2D eigenvalue weighted by molar-refractivity contribution is 0.226. The molecule has 0 aliphatic carbocycles. The van der Waals surface area contributed by atoms with E-state index in [1.54, 1.807) is 6.92 Å². The summed E-state index contributed by atoms with van der Waals surface area (Å²) in [6.45, 7) is 5.77. The Balaban J connectivity index is 2.31.